The number of rotatable bonds is 5. The van der Waals surface area contributed by atoms with Crippen LogP contribution in [0.1, 0.15) is 23.0 Å². The standard InChI is InChI=1S/C14H17N3O3S2/c1-9-13(10(2)18)14(17(3)15-9)16-22(19,20)12-7-5-11(21-4)6-8-12/h5-8,16H,1-4H3. The van der Waals surface area contributed by atoms with E-state index in [2.05, 4.69) is 9.82 Å². The molecule has 0 aliphatic rings. The summed E-state index contributed by atoms with van der Waals surface area (Å²) in [7, 11) is -2.18. The average Bonchev–Trinajstić information content (AvgIpc) is 2.72. The lowest BCUT2D eigenvalue weighted by Crippen LogP contribution is -2.17. The number of Topliss-reactive ketones (excluding diaryl/α,β-unsaturated/α-hetero) is 1. The highest BCUT2D eigenvalue weighted by Gasteiger charge is 2.23. The van der Waals surface area contributed by atoms with Crippen LogP contribution in [0.25, 0.3) is 0 Å². The van der Waals surface area contributed by atoms with E-state index in [1.165, 1.54) is 35.5 Å². The van der Waals surface area contributed by atoms with E-state index in [1.807, 2.05) is 6.26 Å². The lowest BCUT2D eigenvalue weighted by molar-refractivity contribution is 0.101. The van der Waals surface area contributed by atoms with Crippen LogP contribution in [0, 0.1) is 6.92 Å². The van der Waals surface area contributed by atoms with Crippen molar-refractivity contribution < 1.29 is 13.2 Å². The molecule has 118 valence electrons. The van der Waals surface area contributed by atoms with E-state index in [4.69, 9.17) is 0 Å². The van der Waals surface area contributed by atoms with Crippen molar-refractivity contribution >= 4 is 33.4 Å². The maximum atomic E-state index is 12.5. The fourth-order valence-corrected chi connectivity index (χ4v) is 3.65. The highest BCUT2D eigenvalue weighted by molar-refractivity contribution is 7.98. The van der Waals surface area contributed by atoms with Gasteiger partial charge in [0, 0.05) is 11.9 Å². The van der Waals surface area contributed by atoms with Gasteiger partial charge in [-0.3, -0.25) is 14.2 Å². The number of carbonyl (C=O) groups excluding carboxylic acids is 1. The summed E-state index contributed by atoms with van der Waals surface area (Å²) < 4.78 is 28.8. The molecular formula is C14H17N3O3S2. The Hall–Kier alpha value is -1.80. The van der Waals surface area contributed by atoms with Gasteiger partial charge >= 0.3 is 0 Å². The molecule has 6 nitrogen and oxygen atoms in total. The monoisotopic (exact) mass is 339 g/mol. The first-order valence-corrected chi connectivity index (χ1v) is 9.18. The van der Waals surface area contributed by atoms with Crippen molar-refractivity contribution in [1.29, 1.82) is 0 Å². The number of hydrogen-bond donors (Lipinski definition) is 1. The van der Waals surface area contributed by atoms with Gasteiger partial charge in [0.15, 0.2) is 5.78 Å². The summed E-state index contributed by atoms with van der Waals surface area (Å²) in [6, 6.07) is 6.54. The summed E-state index contributed by atoms with van der Waals surface area (Å²) >= 11 is 1.53. The van der Waals surface area contributed by atoms with Crippen LogP contribution in [0.2, 0.25) is 0 Å². The van der Waals surface area contributed by atoms with Crippen LogP contribution in [0.4, 0.5) is 5.82 Å². The molecule has 2 aromatic rings. The van der Waals surface area contributed by atoms with Gasteiger partial charge in [-0.25, -0.2) is 8.42 Å². The number of nitrogens with zero attached hydrogens (tertiary/aromatic N) is 2. The molecule has 8 heteroatoms. The first kappa shape index (κ1) is 16.6. The zero-order valence-corrected chi connectivity index (χ0v) is 14.4. The Morgan fingerprint density at radius 3 is 2.36 bits per heavy atom. The van der Waals surface area contributed by atoms with Crippen LogP contribution in [-0.2, 0) is 17.1 Å². The quantitative estimate of drug-likeness (QED) is 0.668. The molecule has 0 saturated heterocycles. The van der Waals surface area contributed by atoms with Crippen LogP contribution in [0.5, 0.6) is 0 Å². The van der Waals surface area contributed by atoms with Gasteiger partial charge in [-0.05, 0) is 44.4 Å². The molecule has 0 amide bonds. The van der Waals surface area contributed by atoms with E-state index in [9.17, 15) is 13.2 Å². The molecule has 0 unspecified atom stereocenters. The molecule has 1 heterocycles. The molecule has 1 aromatic carbocycles. The van der Waals surface area contributed by atoms with Crippen LogP contribution >= 0.6 is 11.8 Å². The minimum atomic E-state index is -3.78. The molecule has 2 rings (SSSR count). The second kappa shape index (κ2) is 6.13. The van der Waals surface area contributed by atoms with Crippen molar-refractivity contribution in [2.75, 3.05) is 11.0 Å². The Morgan fingerprint density at radius 2 is 1.86 bits per heavy atom. The third kappa shape index (κ3) is 3.17. The molecule has 1 N–H and O–H groups in total. The number of anilines is 1. The zero-order valence-electron chi connectivity index (χ0n) is 12.7. The summed E-state index contributed by atoms with van der Waals surface area (Å²) in [4.78, 5) is 12.8. The Labute approximate surface area is 134 Å². The zero-order chi connectivity index (χ0) is 16.5. The van der Waals surface area contributed by atoms with Crippen LogP contribution in [0.15, 0.2) is 34.1 Å². The van der Waals surface area contributed by atoms with Gasteiger partial charge in [-0.1, -0.05) is 0 Å². The van der Waals surface area contributed by atoms with Crippen molar-refractivity contribution in [3.63, 3.8) is 0 Å². The highest BCUT2D eigenvalue weighted by Crippen LogP contribution is 2.24. The molecule has 0 aliphatic heterocycles. The molecule has 22 heavy (non-hydrogen) atoms. The van der Waals surface area contributed by atoms with Gasteiger partial charge in [-0.2, -0.15) is 5.10 Å². The first-order chi connectivity index (χ1) is 10.3. The van der Waals surface area contributed by atoms with Gasteiger partial charge in [-0.15, -0.1) is 11.8 Å². The number of hydrogen-bond acceptors (Lipinski definition) is 5. The molecule has 0 fully saturated rings. The fourth-order valence-electron chi connectivity index (χ4n) is 2.14. The van der Waals surface area contributed by atoms with Crippen molar-refractivity contribution in [1.82, 2.24) is 9.78 Å². The molecule has 0 radical (unpaired) electrons. The number of benzene rings is 1. The molecule has 0 aliphatic carbocycles. The predicted molar refractivity (Wildman–Crippen MR) is 87.0 cm³/mol. The van der Waals surface area contributed by atoms with Gasteiger partial charge in [0.1, 0.15) is 5.82 Å². The van der Waals surface area contributed by atoms with E-state index in [-0.39, 0.29) is 22.1 Å². The largest absolute Gasteiger partial charge is 0.294 e. The third-order valence-corrected chi connectivity index (χ3v) is 5.27. The van der Waals surface area contributed by atoms with Gasteiger partial charge in [0.2, 0.25) is 0 Å². The minimum Gasteiger partial charge on any atom is -0.294 e. The van der Waals surface area contributed by atoms with E-state index < -0.39 is 10.0 Å². The summed E-state index contributed by atoms with van der Waals surface area (Å²) in [5.74, 6) is -0.0556. The van der Waals surface area contributed by atoms with Crippen molar-refractivity contribution in [3.05, 3.63) is 35.5 Å². The number of aryl methyl sites for hydroxylation is 2. The van der Waals surface area contributed by atoms with Gasteiger partial charge in [0.25, 0.3) is 10.0 Å². The summed E-state index contributed by atoms with van der Waals surface area (Å²) in [6.07, 6.45) is 1.92. The van der Waals surface area contributed by atoms with Crippen LogP contribution in [-0.4, -0.2) is 30.2 Å². The maximum Gasteiger partial charge on any atom is 0.263 e. The Morgan fingerprint density at radius 1 is 1.27 bits per heavy atom. The lowest BCUT2D eigenvalue weighted by Gasteiger charge is -2.10. The van der Waals surface area contributed by atoms with Crippen molar-refractivity contribution in [2.45, 2.75) is 23.6 Å². The third-order valence-electron chi connectivity index (χ3n) is 3.18. The normalized spacial score (nSPS) is 11.5. The van der Waals surface area contributed by atoms with E-state index in [0.29, 0.717) is 5.69 Å². The number of thioether (sulfide) groups is 1. The van der Waals surface area contributed by atoms with Crippen molar-refractivity contribution in [3.8, 4) is 0 Å². The van der Waals surface area contributed by atoms with Crippen molar-refractivity contribution in [2.24, 2.45) is 7.05 Å². The SMILES string of the molecule is CSc1ccc(S(=O)(=O)Nc2c(C(C)=O)c(C)nn2C)cc1. The first-order valence-electron chi connectivity index (χ1n) is 6.47. The molecule has 0 atom stereocenters. The Kier molecular flexibility index (Phi) is 4.62. The van der Waals surface area contributed by atoms with E-state index in [1.54, 1.807) is 26.1 Å². The summed E-state index contributed by atoms with van der Waals surface area (Å²) in [5, 5.41) is 4.10. The molecule has 1 aromatic heterocycles. The smallest absolute Gasteiger partial charge is 0.263 e. The fraction of sp³-hybridized carbons (Fsp3) is 0.286. The van der Waals surface area contributed by atoms with E-state index in [0.717, 1.165) is 4.90 Å². The summed E-state index contributed by atoms with van der Waals surface area (Å²) in [5.41, 5.74) is 0.775. The topological polar surface area (TPSA) is 81.1 Å². The number of aromatic nitrogens is 2. The second-order valence-corrected chi connectivity index (χ2v) is 7.33. The molecule has 0 spiro atoms. The number of carbonyl (C=O) groups is 1. The highest BCUT2D eigenvalue weighted by atomic mass is 32.2. The number of nitrogens with one attached hydrogen (secondary N) is 1. The van der Waals surface area contributed by atoms with Crippen LogP contribution < -0.4 is 4.72 Å². The number of ketones is 1. The Balaban J connectivity index is 2.42. The molecular weight excluding hydrogens is 322 g/mol. The average molecular weight is 339 g/mol. The molecule has 0 bridgehead atoms. The number of sulfonamides is 1. The van der Waals surface area contributed by atoms with Crippen LogP contribution in [0.3, 0.4) is 0 Å². The van der Waals surface area contributed by atoms with Gasteiger partial charge in [0.05, 0.1) is 16.2 Å². The Bertz CT molecular complexity index is 809. The lowest BCUT2D eigenvalue weighted by atomic mass is 10.2. The van der Waals surface area contributed by atoms with E-state index >= 15 is 0 Å². The maximum absolute atomic E-state index is 12.5. The second-order valence-electron chi connectivity index (χ2n) is 4.77. The molecule has 0 saturated carbocycles. The minimum absolute atomic E-state index is 0.138. The van der Waals surface area contributed by atoms with Gasteiger partial charge < -0.3 is 0 Å². The predicted octanol–water partition coefficient (Wildman–Crippen LogP) is 2.45. The summed E-state index contributed by atoms with van der Waals surface area (Å²) in [6.45, 7) is 3.05.